The normalized spacial score (nSPS) is 14.7. The molecule has 1 saturated heterocycles. The molecule has 1 aliphatic rings. The van der Waals surface area contributed by atoms with E-state index in [-0.39, 0.29) is 6.09 Å². The summed E-state index contributed by atoms with van der Waals surface area (Å²) in [5.74, 6) is 1.84. The molecule has 6 nitrogen and oxygen atoms in total. The Bertz CT molecular complexity index is 1050. The average molecular weight is 458 g/mol. The van der Waals surface area contributed by atoms with E-state index in [9.17, 15) is 4.79 Å². The predicted molar refractivity (Wildman–Crippen MR) is 127 cm³/mol. The first-order valence-corrected chi connectivity index (χ1v) is 11.9. The molecule has 0 N–H and O–H groups in total. The van der Waals surface area contributed by atoms with E-state index in [4.69, 9.17) is 9.47 Å². The number of anilines is 1. The minimum Gasteiger partial charge on any atom is -0.497 e. The van der Waals surface area contributed by atoms with Gasteiger partial charge in [-0.25, -0.2) is 9.78 Å². The first-order valence-electron chi connectivity index (χ1n) is 10.3. The van der Waals surface area contributed by atoms with E-state index in [1.165, 1.54) is 13.8 Å². The largest absolute Gasteiger partial charge is 0.497 e. The highest BCUT2D eigenvalue weighted by Gasteiger charge is 2.27. The third kappa shape index (κ3) is 5.25. The molecule has 164 valence electrons. The van der Waals surface area contributed by atoms with Crippen molar-refractivity contribution in [3.8, 4) is 5.75 Å². The van der Waals surface area contributed by atoms with Crippen LogP contribution in [0.3, 0.4) is 0 Å². The van der Waals surface area contributed by atoms with Gasteiger partial charge in [-0.15, -0.1) is 11.3 Å². The molecule has 0 aliphatic carbocycles. The second kappa shape index (κ2) is 8.96. The Morgan fingerprint density at radius 3 is 2.45 bits per heavy atom. The van der Waals surface area contributed by atoms with Gasteiger partial charge in [-0.1, -0.05) is 11.8 Å². The molecule has 1 aromatic carbocycles. The maximum atomic E-state index is 12.3. The number of aromatic nitrogens is 1. The molecule has 3 aromatic rings. The molecule has 2 aromatic heterocycles. The summed E-state index contributed by atoms with van der Waals surface area (Å²) >= 11 is 3.52. The van der Waals surface area contributed by atoms with Gasteiger partial charge < -0.3 is 19.3 Å². The van der Waals surface area contributed by atoms with Crippen molar-refractivity contribution in [1.82, 2.24) is 9.88 Å². The van der Waals surface area contributed by atoms with Crippen LogP contribution in [0.15, 0.2) is 51.7 Å². The molecule has 1 aliphatic heterocycles. The van der Waals surface area contributed by atoms with Crippen LogP contribution in [0.2, 0.25) is 0 Å². The van der Waals surface area contributed by atoms with Crippen molar-refractivity contribution in [2.75, 3.05) is 38.2 Å². The van der Waals surface area contributed by atoms with Crippen LogP contribution in [0.5, 0.6) is 5.75 Å². The minimum atomic E-state index is -0.476. The molecule has 0 saturated carbocycles. The van der Waals surface area contributed by atoms with E-state index < -0.39 is 5.60 Å². The lowest BCUT2D eigenvalue weighted by Crippen LogP contribution is -2.50. The second-order valence-electron chi connectivity index (χ2n) is 8.34. The summed E-state index contributed by atoms with van der Waals surface area (Å²) in [7, 11) is 1.68. The standard InChI is InChI=1S/C23H27N3O3S2/c1-23(2,3)29-22(27)26-13-11-25(12-14-26)21-18-15-20(31-19(18)9-10-24-21)30-17-7-5-16(28-4)6-8-17/h5-10,15H,11-14H2,1-4H3. The van der Waals surface area contributed by atoms with Crippen LogP contribution in [0.4, 0.5) is 10.6 Å². The first-order chi connectivity index (χ1) is 14.8. The summed E-state index contributed by atoms with van der Waals surface area (Å²) < 4.78 is 13.2. The zero-order valence-electron chi connectivity index (χ0n) is 18.3. The predicted octanol–water partition coefficient (Wildman–Crippen LogP) is 5.51. The number of benzene rings is 1. The lowest BCUT2D eigenvalue weighted by Gasteiger charge is -2.36. The monoisotopic (exact) mass is 457 g/mol. The van der Waals surface area contributed by atoms with Crippen LogP contribution in [0.25, 0.3) is 10.1 Å². The van der Waals surface area contributed by atoms with Crippen LogP contribution < -0.4 is 9.64 Å². The van der Waals surface area contributed by atoms with E-state index in [2.05, 4.69) is 34.1 Å². The van der Waals surface area contributed by atoms with Crippen LogP contribution >= 0.6 is 23.1 Å². The highest BCUT2D eigenvalue weighted by Crippen LogP contribution is 2.40. The number of hydrogen-bond donors (Lipinski definition) is 0. The van der Waals surface area contributed by atoms with Crippen molar-refractivity contribution in [1.29, 1.82) is 0 Å². The van der Waals surface area contributed by atoms with Crippen molar-refractivity contribution in [2.45, 2.75) is 35.5 Å². The van der Waals surface area contributed by atoms with E-state index in [1.807, 2.05) is 39.1 Å². The van der Waals surface area contributed by atoms with Crippen LogP contribution in [-0.4, -0.2) is 54.9 Å². The Labute approximate surface area is 191 Å². The molecular formula is C23H27N3O3S2. The van der Waals surface area contributed by atoms with Gasteiger partial charge in [0, 0.05) is 47.4 Å². The molecule has 0 atom stereocenters. The van der Waals surface area contributed by atoms with Crippen molar-refractivity contribution in [3.05, 3.63) is 42.6 Å². The first kappa shape index (κ1) is 21.8. The Hall–Kier alpha value is -2.45. The van der Waals surface area contributed by atoms with Gasteiger partial charge in [-0.05, 0) is 57.2 Å². The smallest absolute Gasteiger partial charge is 0.410 e. The molecule has 8 heteroatoms. The van der Waals surface area contributed by atoms with Gasteiger partial charge >= 0.3 is 6.09 Å². The van der Waals surface area contributed by atoms with E-state index in [0.29, 0.717) is 13.1 Å². The third-order valence-electron chi connectivity index (χ3n) is 4.91. The topological polar surface area (TPSA) is 54.9 Å². The maximum absolute atomic E-state index is 12.3. The molecule has 31 heavy (non-hydrogen) atoms. The molecule has 1 amide bonds. The lowest BCUT2D eigenvalue weighted by molar-refractivity contribution is 0.0240. The average Bonchev–Trinajstić information content (AvgIpc) is 3.15. The maximum Gasteiger partial charge on any atom is 0.410 e. The van der Waals surface area contributed by atoms with Crippen molar-refractivity contribution in [3.63, 3.8) is 0 Å². The number of pyridine rings is 1. The van der Waals surface area contributed by atoms with Crippen molar-refractivity contribution < 1.29 is 14.3 Å². The van der Waals surface area contributed by atoms with Crippen LogP contribution in [0.1, 0.15) is 20.8 Å². The highest BCUT2D eigenvalue weighted by molar-refractivity contribution is 8.01. The number of piperazine rings is 1. The number of ether oxygens (including phenoxy) is 2. The number of methoxy groups -OCH3 is 1. The number of thiophene rings is 1. The Morgan fingerprint density at radius 1 is 1.10 bits per heavy atom. The van der Waals surface area contributed by atoms with Gasteiger partial charge in [0.15, 0.2) is 0 Å². The molecular weight excluding hydrogens is 430 g/mol. The number of amides is 1. The Balaban J connectivity index is 1.47. The molecule has 0 bridgehead atoms. The van der Waals surface area contributed by atoms with Gasteiger partial charge in [0.25, 0.3) is 0 Å². The van der Waals surface area contributed by atoms with E-state index >= 15 is 0 Å². The molecule has 0 unspecified atom stereocenters. The summed E-state index contributed by atoms with van der Waals surface area (Å²) in [4.78, 5) is 22.2. The van der Waals surface area contributed by atoms with E-state index in [1.54, 1.807) is 35.1 Å². The Kier molecular flexibility index (Phi) is 6.29. The number of carbonyl (C=O) groups is 1. The summed E-state index contributed by atoms with van der Waals surface area (Å²) in [6.07, 6.45) is 1.63. The number of rotatable bonds is 4. The molecule has 0 spiro atoms. The van der Waals surface area contributed by atoms with Gasteiger partial charge in [-0.3, -0.25) is 0 Å². The Morgan fingerprint density at radius 2 is 1.81 bits per heavy atom. The van der Waals surface area contributed by atoms with Gasteiger partial charge in [0.2, 0.25) is 0 Å². The SMILES string of the molecule is COc1ccc(Sc2cc3c(N4CCN(C(=O)OC(C)(C)C)CC4)nccc3s2)cc1. The fourth-order valence-corrected chi connectivity index (χ4v) is 5.60. The number of carbonyl (C=O) groups excluding carboxylic acids is 1. The third-order valence-corrected chi connectivity index (χ3v) is 7.13. The molecule has 1 fully saturated rings. The summed E-state index contributed by atoms with van der Waals surface area (Å²) in [6, 6.07) is 12.4. The number of nitrogens with zero attached hydrogens (tertiary/aromatic N) is 3. The summed E-state index contributed by atoms with van der Waals surface area (Å²) in [5, 5.41) is 1.16. The van der Waals surface area contributed by atoms with Crippen molar-refractivity contribution in [2.24, 2.45) is 0 Å². The van der Waals surface area contributed by atoms with Crippen LogP contribution in [0, 0.1) is 0 Å². The zero-order valence-corrected chi connectivity index (χ0v) is 19.9. The molecule has 3 heterocycles. The second-order valence-corrected chi connectivity index (χ2v) is 10.8. The zero-order chi connectivity index (χ0) is 22.0. The van der Waals surface area contributed by atoms with E-state index in [0.717, 1.165) is 30.0 Å². The summed E-state index contributed by atoms with van der Waals surface area (Å²) in [6.45, 7) is 8.41. The van der Waals surface area contributed by atoms with Gasteiger partial charge in [0.1, 0.15) is 17.2 Å². The molecule has 4 rings (SSSR count). The fourth-order valence-electron chi connectivity index (χ4n) is 3.41. The molecule has 0 radical (unpaired) electrons. The lowest BCUT2D eigenvalue weighted by atomic mass is 10.2. The number of fused-ring (bicyclic) bond motifs is 1. The quantitative estimate of drug-likeness (QED) is 0.515. The minimum absolute atomic E-state index is 0.243. The highest BCUT2D eigenvalue weighted by atomic mass is 32.2. The van der Waals surface area contributed by atoms with Crippen LogP contribution in [-0.2, 0) is 4.74 Å². The number of hydrogen-bond acceptors (Lipinski definition) is 7. The fraction of sp³-hybridized carbons (Fsp3) is 0.391. The van der Waals surface area contributed by atoms with Crippen molar-refractivity contribution >= 4 is 45.1 Å². The van der Waals surface area contributed by atoms with Gasteiger partial charge in [-0.2, -0.15) is 0 Å². The summed E-state index contributed by atoms with van der Waals surface area (Å²) in [5.41, 5.74) is -0.476. The van der Waals surface area contributed by atoms with Gasteiger partial charge in [0.05, 0.1) is 11.3 Å².